The molecule has 0 saturated carbocycles. The van der Waals surface area contributed by atoms with Crippen molar-refractivity contribution in [2.75, 3.05) is 16.3 Å². The van der Waals surface area contributed by atoms with Crippen LogP contribution in [0.1, 0.15) is 16.7 Å². The molecule has 0 N–H and O–H groups in total. The predicted octanol–water partition coefficient (Wildman–Crippen LogP) is 5.00. The molecule has 0 bridgehead atoms. The van der Waals surface area contributed by atoms with Crippen molar-refractivity contribution in [3.63, 3.8) is 0 Å². The van der Waals surface area contributed by atoms with E-state index in [4.69, 9.17) is 11.6 Å². The summed E-state index contributed by atoms with van der Waals surface area (Å²) in [6.45, 7) is 2.56. The van der Waals surface area contributed by atoms with Gasteiger partial charge in [0.15, 0.2) is 0 Å². The molecule has 3 aromatic carbocycles. The number of amides is 2. The van der Waals surface area contributed by atoms with Gasteiger partial charge in [0.05, 0.1) is 11.3 Å². The second-order valence-corrected chi connectivity index (χ2v) is 7.93. The molecule has 30 heavy (non-hydrogen) atoms. The van der Waals surface area contributed by atoms with Gasteiger partial charge in [0.1, 0.15) is 5.70 Å². The van der Waals surface area contributed by atoms with Crippen LogP contribution in [0.5, 0.6) is 0 Å². The second-order valence-electron chi connectivity index (χ2n) is 7.49. The van der Waals surface area contributed by atoms with E-state index in [2.05, 4.69) is 6.07 Å². The number of benzene rings is 3. The summed E-state index contributed by atoms with van der Waals surface area (Å²) in [5.41, 5.74) is 5.17. The molecule has 3 aromatic rings. The molecule has 0 aliphatic carbocycles. The summed E-state index contributed by atoms with van der Waals surface area (Å²) in [6.07, 6.45) is 0.833. The Morgan fingerprint density at radius 1 is 0.800 bits per heavy atom. The average Bonchev–Trinajstić information content (AvgIpc) is 3.28. The number of imide groups is 1. The van der Waals surface area contributed by atoms with E-state index in [1.165, 1.54) is 10.5 Å². The number of hydrogen-bond donors (Lipinski definition) is 0. The Morgan fingerprint density at radius 3 is 2.20 bits per heavy atom. The number of carbonyl (C=O) groups is 2. The topological polar surface area (TPSA) is 40.6 Å². The summed E-state index contributed by atoms with van der Waals surface area (Å²) in [6, 6.07) is 22.6. The molecule has 2 amide bonds. The summed E-state index contributed by atoms with van der Waals surface area (Å²) in [4.78, 5) is 30.6. The lowest BCUT2D eigenvalue weighted by molar-refractivity contribution is -0.120. The largest absolute Gasteiger partial charge is 0.336 e. The van der Waals surface area contributed by atoms with E-state index >= 15 is 0 Å². The Morgan fingerprint density at radius 2 is 1.47 bits per heavy atom. The minimum Gasteiger partial charge on any atom is -0.336 e. The number of fused-ring (bicyclic) bond motifs is 1. The molecule has 2 aliphatic heterocycles. The van der Waals surface area contributed by atoms with E-state index in [9.17, 15) is 9.59 Å². The van der Waals surface area contributed by atoms with Crippen LogP contribution in [-0.4, -0.2) is 18.4 Å². The number of carbonyl (C=O) groups excluding carboxylic acids is 2. The first-order valence-electron chi connectivity index (χ1n) is 9.86. The number of rotatable bonds is 3. The number of anilines is 2. The molecule has 148 valence electrons. The smallest absolute Gasteiger partial charge is 0.282 e. The molecule has 0 radical (unpaired) electrons. The maximum Gasteiger partial charge on any atom is 0.282 e. The van der Waals surface area contributed by atoms with Crippen LogP contribution < -0.4 is 9.80 Å². The second kappa shape index (κ2) is 7.15. The Balaban J connectivity index is 1.70. The molecule has 4 nitrogen and oxygen atoms in total. The summed E-state index contributed by atoms with van der Waals surface area (Å²) in [5, 5.41) is 0.583. The van der Waals surface area contributed by atoms with Gasteiger partial charge in [0.2, 0.25) is 0 Å². The van der Waals surface area contributed by atoms with Crippen molar-refractivity contribution in [3.8, 4) is 0 Å². The number of hydrogen-bond acceptors (Lipinski definition) is 3. The summed E-state index contributed by atoms with van der Waals surface area (Å²) in [5.74, 6) is -0.605. The van der Waals surface area contributed by atoms with Crippen LogP contribution in [0.15, 0.2) is 78.5 Å². The molecule has 2 aliphatic rings. The molecular weight excluding hydrogens is 396 g/mol. The first kappa shape index (κ1) is 18.6. The highest BCUT2D eigenvalue weighted by Crippen LogP contribution is 2.40. The fourth-order valence-electron chi connectivity index (χ4n) is 4.25. The Hall–Kier alpha value is -3.37. The van der Waals surface area contributed by atoms with Crippen LogP contribution in [0.4, 0.5) is 11.4 Å². The number of halogens is 1. The maximum absolute atomic E-state index is 13.7. The summed E-state index contributed by atoms with van der Waals surface area (Å²) >= 11 is 6.07. The Kier molecular flexibility index (Phi) is 4.44. The van der Waals surface area contributed by atoms with Crippen molar-refractivity contribution in [1.29, 1.82) is 0 Å². The van der Waals surface area contributed by atoms with Gasteiger partial charge >= 0.3 is 0 Å². The van der Waals surface area contributed by atoms with Crippen molar-refractivity contribution in [3.05, 3.63) is 100 Å². The first-order chi connectivity index (χ1) is 14.6. The molecule has 5 rings (SSSR count). The lowest BCUT2D eigenvalue weighted by Gasteiger charge is -2.22. The molecule has 0 fully saturated rings. The highest BCUT2D eigenvalue weighted by atomic mass is 35.5. The van der Waals surface area contributed by atoms with Gasteiger partial charge in [-0.2, -0.15) is 0 Å². The van der Waals surface area contributed by atoms with Gasteiger partial charge in [-0.25, -0.2) is 4.90 Å². The van der Waals surface area contributed by atoms with Crippen LogP contribution in [0.2, 0.25) is 5.02 Å². The van der Waals surface area contributed by atoms with Crippen LogP contribution in [-0.2, 0) is 16.0 Å². The van der Waals surface area contributed by atoms with Gasteiger partial charge in [-0.3, -0.25) is 9.59 Å². The molecular formula is C25H19ClN2O2. The van der Waals surface area contributed by atoms with Crippen LogP contribution in [0.25, 0.3) is 5.57 Å². The number of nitrogens with zero attached hydrogens (tertiary/aromatic N) is 2. The fraction of sp³-hybridized carbons (Fsp3) is 0.120. The van der Waals surface area contributed by atoms with E-state index in [1.807, 2.05) is 54.3 Å². The maximum atomic E-state index is 13.7. The van der Waals surface area contributed by atoms with Gasteiger partial charge in [0.25, 0.3) is 11.8 Å². The van der Waals surface area contributed by atoms with E-state index in [-0.39, 0.29) is 11.8 Å². The van der Waals surface area contributed by atoms with Crippen LogP contribution >= 0.6 is 11.6 Å². The Bertz CT molecular complexity index is 1210. The minimum absolute atomic E-state index is 0.295. The van der Waals surface area contributed by atoms with Gasteiger partial charge < -0.3 is 4.90 Å². The van der Waals surface area contributed by atoms with Gasteiger partial charge in [-0.15, -0.1) is 0 Å². The van der Waals surface area contributed by atoms with Crippen molar-refractivity contribution in [1.82, 2.24) is 0 Å². The predicted molar refractivity (Wildman–Crippen MR) is 120 cm³/mol. The van der Waals surface area contributed by atoms with Crippen molar-refractivity contribution < 1.29 is 9.59 Å². The molecule has 0 unspecified atom stereocenters. The molecule has 5 heteroatoms. The standard InChI is InChI=1S/C25H19ClN2O2/c1-16-6-2-4-8-20(16)28-24(29)22(18-10-12-19(26)13-11-18)23(25(28)30)27-15-14-17-7-3-5-9-21(17)27/h2-13H,14-15H2,1H3. The van der Waals surface area contributed by atoms with Crippen molar-refractivity contribution in [2.24, 2.45) is 0 Å². The molecule has 0 aromatic heterocycles. The lowest BCUT2D eigenvalue weighted by atomic mass is 10.0. The molecule has 0 atom stereocenters. The summed E-state index contributed by atoms with van der Waals surface area (Å²) < 4.78 is 0. The normalized spacial score (nSPS) is 15.9. The minimum atomic E-state index is -0.309. The fourth-order valence-corrected chi connectivity index (χ4v) is 4.37. The van der Waals surface area contributed by atoms with Crippen LogP contribution in [0.3, 0.4) is 0 Å². The van der Waals surface area contributed by atoms with Gasteiger partial charge in [0, 0.05) is 17.3 Å². The number of para-hydroxylation sites is 2. The van der Waals surface area contributed by atoms with E-state index in [1.54, 1.807) is 24.3 Å². The highest BCUT2D eigenvalue weighted by molar-refractivity contribution is 6.46. The van der Waals surface area contributed by atoms with Crippen LogP contribution in [0, 0.1) is 6.92 Å². The Labute approximate surface area is 180 Å². The zero-order chi connectivity index (χ0) is 20.8. The number of aryl methyl sites for hydroxylation is 1. The summed E-state index contributed by atoms with van der Waals surface area (Å²) in [7, 11) is 0. The molecule has 2 heterocycles. The van der Waals surface area contributed by atoms with E-state index in [0.29, 0.717) is 34.1 Å². The van der Waals surface area contributed by atoms with Gasteiger partial charge in [-0.05, 0) is 54.3 Å². The molecule has 0 saturated heterocycles. The lowest BCUT2D eigenvalue weighted by Crippen LogP contribution is -2.35. The van der Waals surface area contributed by atoms with E-state index in [0.717, 1.165) is 17.7 Å². The highest BCUT2D eigenvalue weighted by Gasteiger charge is 2.44. The third kappa shape index (κ3) is 2.84. The first-order valence-corrected chi connectivity index (χ1v) is 10.2. The van der Waals surface area contributed by atoms with E-state index < -0.39 is 0 Å². The van der Waals surface area contributed by atoms with Gasteiger partial charge in [-0.1, -0.05) is 60.1 Å². The average molecular weight is 415 g/mol. The van der Waals surface area contributed by atoms with Crippen molar-refractivity contribution >= 4 is 40.4 Å². The van der Waals surface area contributed by atoms with Crippen molar-refractivity contribution in [2.45, 2.75) is 13.3 Å². The zero-order valence-corrected chi connectivity index (χ0v) is 17.2. The third-order valence-electron chi connectivity index (χ3n) is 5.71. The SMILES string of the molecule is Cc1ccccc1N1C(=O)C(c2ccc(Cl)cc2)=C(N2CCc3ccccc32)C1=O. The monoisotopic (exact) mass is 414 g/mol. The zero-order valence-electron chi connectivity index (χ0n) is 16.4. The molecule has 0 spiro atoms. The quantitative estimate of drug-likeness (QED) is 0.566. The third-order valence-corrected chi connectivity index (χ3v) is 5.96.